The van der Waals surface area contributed by atoms with E-state index in [0.717, 1.165) is 0 Å². The molecule has 12 heavy (non-hydrogen) atoms. The van der Waals surface area contributed by atoms with Crippen LogP contribution in [0.25, 0.3) is 0 Å². The summed E-state index contributed by atoms with van der Waals surface area (Å²) >= 11 is 0. The summed E-state index contributed by atoms with van der Waals surface area (Å²) in [6, 6.07) is 24.0. The summed E-state index contributed by atoms with van der Waals surface area (Å²) in [5, 5.41) is 0. The van der Waals surface area contributed by atoms with Gasteiger partial charge in [0.1, 0.15) is 0 Å². The fourth-order valence-electron chi connectivity index (χ4n) is 0.361. The van der Waals surface area contributed by atoms with Gasteiger partial charge in [-0.3, -0.25) is 0 Å². The van der Waals surface area contributed by atoms with Crippen LogP contribution in [-0.4, -0.2) is 0 Å². The van der Waals surface area contributed by atoms with E-state index < -0.39 is 0 Å². The maximum Gasteiger partial charge on any atom is 2.00 e. The molecule has 0 saturated carbocycles. The smallest absolute Gasteiger partial charge is 0.999 e. The van der Waals surface area contributed by atoms with E-state index in [9.17, 15) is 0 Å². The molecule has 0 saturated heterocycles. The third kappa shape index (κ3) is 7.92. The van der Waals surface area contributed by atoms with Gasteiger partial charge in [-0.1, -0.05) is 0 Å². The molecule has 0 unspecified atom stereocenters. The van der Waals surface area contributed by atoms with Crippen molar-refractivity contribution in [2.45, 2.75) is 0 Å². The molecule has 2 aromatic carbocycles. The van der Waals surface area contributed by atoms with E-state index in [4.69, 9.17) is 0 Å². The molecule has 0 atom stereocenters. The van der Waals surface area contributed by atoms with Crippen LogP contribution in [0, 0.1) is 48.5 Å². The Morgan fingerprint density at radius 3 is 0.917 bits per heavy atom. The van der Waals surface area contributed by atoms with Gasteiger partial charge in [-0.05, 0) is 0 Å². The van der Waals surface area contributed by atoms with E-state index in [2.05, 4.69) is 48.5 Å². The van der Waals surface area contributed by atoms with E-state index in [-0.39, 0.29) is 35.9 Å². The SMILES string of the molecule is [Fe+2].[Li+].[c-]1[c-][c-][cH-][c-]1.[c-]1[c-][c-][cH-][c-]1. The van der Waals surface area contributed by atoms with Gasteiger partial charge >= 0.3 is 35.9 Å². The van der Waals surface area contributed by atoms with Gasteiger partial charge in [-0.15, -0.1) is 0 Å². The molecule has 0 radical (unpaired) electrons. The van der Waals surface area contributed by atoms with Crippen LogP contribution in [0.15, 0.2) is 12.1 Å². The van der Waals surface area contributed by atoms with Gasteiger partial charge in [0.2, 0.25) is 0 Å². The first-order valence-electron chi connectivity index (χ1n) is 2.65. The summed E-state index contributed by atoms with van der Waals surface area (Å²) < 4.78 is 0. The molecule has 2 rings (SSSR count). The zero-order valence-electron chi connectivity index (χ0n) is 6.51. The summed E-state index contributed by atoms with van der Waals surface area (Å²) in [6.07, 6.45) is 0. The molecule has 0 aliphatic rings. The van der Waals surface area contributed by atoms with Crippen LogP contribution in [-0.2, 0) is 17.1 Å². The molecule has 58 valence electrons. The van der Waals surface area contributed by atoms with E-state index in [1.165, 1.54) is 0 Å². The van der Waals surface area contributed by atoms with Crippen molar-refractivity contribution in [2.75, 3.05) is 0 Å². The normalized spacial score (nSPS) is 6.67. The Morgan fingerprint density at radius 2 is 0.833 bits per heavy atom. The largest absolute Gasteiger partial charge is 2.00 e. The summed E-state index contributed by atoms with van der Waals surface area (Å²) in [6.45, 7) is 0. The summed E-state index contributed by atoms with van der Waals surface area (Å²) in [5.41, 5.74) is 0. The quantitative estimate of drug-likeness (QED) is 0.336. The fraction of sp³-hybridized carbons (Fsp3) is 0. The van der Waals surface area contributed by atoms with Crippen molar-refractivity contribution in [1.29, 1.82) is 0 Å². The van der Waals surface area contributed by atoms with Crippen LogP contribution in [0.3, 0.4) is 0 Å². The van der Waals surface area contributed by atoms with Crippen molar-refractivity contribution < 1.29 is 35.9 Å². The Kier molecular flexibility index (Phi) is 12.9. The van der Waals surface area contributed by atoms with Gasteiger partial charge in [-0.25, -0.2) is 0 Å². The molecule has 2 aromatic rings. The molecule has 0 bridgehead atoms. The van der Waals surface area contributed by atoms with Crippen LogP contribution >= 0.6 is 0 Å². The second-order valence-corrected chi connectivity index (χ2v) is 1.37. The van der Waals surface area contributed by atoms with Crippen molar-refractivity contribution in [2.24, 2.45) is 0 Å². The predicted octanol–water partition coefficient (Wildman–Crippen LogP) is -1.79. The average molecular weight is 185 g/mol. The first-order chi connectivity index (χ1) is 5.00. The number of hydrogen-bond acceptors (Lipinski definition) is 0. The zero-order chi connectivity index (χ0) is 7.07. The van der Waals surface area contributed by atoms with Crippen molar-refractivity contribution in [3.63, 3.8) is 0 Å². The monoisotopic (exact) mass is 185 g/mol. The van der Waals surface area contributed by atoms with Crippen molar-refractivity contribution in [1.82, 2.24) is 0 Å². The molecule has 0 heterocycles. The second kappa shape index (κ2) is 10.8. The number of rotatable bonds is 0. The van der Waals surface area contributed by atoms with Gasteiger partial charge < -0.3 is 60.7 Å². The van der Waals surface area contributed by atoms with Gasteiger partial charge in [0.05, 0.1) is 0 Å². The molecule has 0 spiro atoms. The van der Waals surface area contributed by atoms with Crippen molar-refractivity contribution in [3.05, 3.63) is 60.7 Å². The molecule has 0 fully saturated rings. The average Bonchev–Trinajstić information content (AvgIpc) is 2.67. The minimum absolute atomic E-state index is 0. The fourth-order valence-corrected chi connectivity index (χ4v) is 0.361. The Labute approximate surface area is 96.4 Å². The minimum Gasteiger partial charge on any atom is -0.999 e. The molecule has 0 aliphatic heterocycles. The second-order valence-electron chi connectivity index (χ2n) is 1.37. The Balaban J connectivity index is 0. The summed E-state index contributed by atoms with van der Waals surface area (Å²) in [5.74, 6) is 0. The van der Waals surface area contributed by atoms with E-state index >= 15 is 0 Å². The summed E-state index contributed by atoms with van der Waals surface area (Å²) in [7, 11) is 0. The van der Waals surface area contributed by atoms with Crippen molar-refractivity contribution >= 4 is 0 Å². The van der Waals surface area contributed by atoms with Crippen LogP contribution in [0.1, 0.15) is 0 Å². The third-order valence-corrected chi connectivity index (χ3v) is 0.702. The first kappa shape index (κ1) is 14.3. The molecular weight excluding hydrogens is 183 g/mol. The molecule has 2 heteroatoms. The molecule has 0 aromatic heterocycles. The van der Waals surface area contributed by atoms with E-state index in [1.807, 2.05) is 0 Å². The van der Waals surface area contributed by atoms with Crippen LogP contribution in [0.2, 0.25) is 0 Å². The zero-order valence-corrected chi connectivity index (χ0v) is 7.61. The Hall–Kier alpha value is -0.183. The van der Waals surface area contributed by atoms with Crippen molar-refractivity contribution in [3.8, 4) is 0 Å². The topological polar surface area (TPSA) is 0 Å². The first-order valence-corrected chi connectivity index (χ1v) is 2.65. The van der Waals surface area contributed by atoms with Crippen LogP contribution in [0.4, 0.5) is 0 Å². The molecule has 0 aliphatic carbocycles. The number of hydrogen-bond donors (Lipinski definition) is 0. The van der Waals surface area contributed by atoms with E-state index in [1.54, 1.807) is 12.1 Å². The predicted molar refractivity (Wildman–Crippen MR) is 34.8 cm³/mol. The minimum atomic E-state index is 0. The Bertz CT molecular complexity index is 149. The standard InChI is InChI=1S/2C5H.Fe.Li/c2*1-2-4-5-3-1;;/h2*1H;;/q2*-5;+2;+1. The van der Waals surface area contributed by atoms with E-state index in [0.29, 0.717) is 0 Å². The molecule has 0 nitrogen and oxygen atoms in total. The summed E-state index contributed by atoms with van der Waals surface area (Å²) in [4.78, 5) is 0. The third-order valence-electron chi connectivity index (χ3n) is 0.702. The van der Waals surface area contributed by atoms with Gasteiger partial charge in [0.25, 0.3) is 0 Å². The molecular formula is C10H2FeLi-7. The van der Waals surface area contributed by atoms with Crippen LogP contribution < -0.4 is 18.9 Å². The maximum absolute atomic E-state index is 2.62. The molecule has 0 amide bonds. The Morgan fingerprint density at radius 1 is 0.583 bits per heavy atom. The van der Waals surface area contributed by atoms with Gasteiger partial charge in [0.15, 0.2) is 0 Å². The van der Waals surface area contributed by atoms with Gasteiger partial charge in [0, 0.05) is 0 Å². The van der Waals surface area contributed by atoms with Gasteiger partial charge in [-0.2, -0.15) is 0 Å². The maximum atomic E-state index is 2.62. The van der Waals surface area contributed by atoms with Crippen LogP contribution in [0.5, 0.6) is 0 Å². The molecule has 0 N–H and O–H groups in total.